The van der Waals surface area contributed by atoms with Gasteiger partial charge in [0, 0.05) is 5.57 Å². The zero-order chi connectivity index (χ0) is 17.2. The predicted octanol–water partition coefficient (Wildman–Crippen LogP) is 4.20. The van der Waals surface area contributed by atoms with E-state index in [2.05, 4.69) is 6.58 Å². The molecule has 0 saturated carbocycles. The van der Waals surface area contributed by atoms with E-state index in [4.69, 9.17) is 9.47 Å². The minimum atomic E-state index is -0.561. The molecule has 126 valence electrons. The van der Waals surface area contributed by atoms with Gasteiger partial charge in [-0.3, -0.25) is 4.79 Å². The lowest BCUT2D eigenvalue weighted by atomic mass is 9.98. The second-order valence-electron chi connectivity index (χ2n) is 6.21. The monoisotopic (exact) mass is 310 g/mol. The number of allylic oxidation sites excluding steroid dienone is 1. The summed E-state index contributed by atoms with van der Waals surface area (Å²) in [4.78, 5) is 24.2. The number of rotatable bonds is 9. The molecule has 0 aliphatic heterocycles. The first-order chi connectivity index (χ1) is 10.2. The molecule has 0 fully saturated rings. The summed E-state index contributed by atoms with van der Waals surface area (Å²) in [5.41, 5.74) is -0.0522. The highest BCUT2D eigenvalue weighted by atomic mass is 16.6. The summed E-state index contributed by atoms with van der Waals surface area (Å²) in [6.07, 6.45) is 6.09. The zero-order valence-corrected chi connectivity index (χ0v) is 14.6. The van der Waals surface area contributed by atoms with Crippen LogP contribution in [0.25, 0.3) is 0 Å². The Labute approximate surface area is 134 Å². The van der Waals surface area contributed by atoms with Crippen LogP contribution in [0.5, 0.6) is 0 Å². The van der Waals surface area contributed by atoms with E-state index in [0.29, 0.717) is 18.6 Å². The molecule has 0 spiro atoms. The van der Waals surface area contributed by atoms with Crippen LogP contribution in [0, 0.1) is 5.92 Å². The number of esters is 2. The molecule has 0 N–H and O–H groups in total. The van der Waals surface area contributed by atoms with Gasteiger partial charge in [0.15, 0.2) is 0 Å². The molecule has 22 heavy (non-hydrogen) atoms. The molecule has 0 amide bonds. The summed E-state index contributed by atoms with van der Waals surface area (Å²) in [5, 5.41) is 0. The van der Waals surface area contributed by atoms with Gasteiger partial charge in [-0.05, 0) is 40.0 Å². The van der Waals surface area contributed by atoms with Crippen molar-refractivity contribution in [1.82, 2.24) is 0 Å². The standard InChI is InChI=1S/C18H30O4/c1-7-10-12-21-16(19)15(11-8-2)13-14(9-3)17(20)22-18(4,5)6/h9,11,14H,3,7-8,10,12-13H2,1-2,4-6H3. The predicted molar refractivity (Wildman–Crippen MR) is 88.4 cm³/mol. The Balaban J connectivity index is 4.83. The van der Waals surface area contributed by atoms with Crippen molar-refractivity contribution in [1.29, 1.82) is 0 Å². The molecule has 1 unspecified atom stereocenters. The number of hydrogen-bond donors (Lipinski definition) is 0. The minimum Gasteiger partial charge on any atom is -0.462 e. The number of carbonyl (C=O) groups excluding carboxylic acids is 2. The number of hydrogen-bond acceptors (Lipinski definition) is 4. The van der Waals surface area contributed by atoms with Gasteiger partial charge in [0.2, 0.25) is 0 Å². The van der Waals surface area contributed by atoms with Gasteiger partial charge in [0.05, 0.1) is 12.5 Å². The molecule has 0 bridgehead atoms. The Morgan fingerprint density at radius 1 is 1.23 bits per heavy atom. The van der Waals surface area contributed by atoms with E-state index in [1.54, 1.807) is 6.08 Å². The Morgan fingerprint density at radius 3 is 2.32 bits per heavy atom. The first kappa shape index (κ1) is 20.4. The van der Waals surface area contributed by atoms with E-state index in [0.717, 1.165) is 12.8 Å². The summed E-state index contributed by atoms with van der Waals surface area (Å²) in [7, 11) is 0. The average Bonchev–Trinajstić information content (AvgIpc) is 2.41. The van der Waals surface area contributed by atoms with Crippen LogP contribution in [0.2, 0.25) is 0 Å². The minimum absolute atomic E-state index is 0.261. The lowest BCUT2D eigenvalue weighted by Gasteiger charge is -2.23. The molecule has 0 aliphatic carbocycles. The second kappa shape index (κ2) is 10.2. The maximum atomic E-state index is 12.1. The maximum absolute atomic E-state index is 12.1. The molecule has 4 nitrogen and oxygen atoms in total. The summed E-state index contributed by atoms with van der Waals surface area (Å²) >= 11 is 0. The fraction of sp³-hybridized carbons (Fsp3) is 0.667. The van der Waals surface area contributed by atoms with E-state index in [-0.39, 0.29) is 18.4 Å². The van der Waals surface area contributed by atoms with Crippen LogP contribution in [-0.2, 0) is 19.1 Å². The van der Waals surface area contributed by atoms with Crippen LogP contribution in [0.4, 0.5) is 0 Å². The van der Waals surface area contributed by atoms with E-state index in [1.165, 1.54) is 6.08 Å². The van der Waals surface area contributed by atoms with Crippen LogP contribution in [0.15, 0.2) is 24.3 Å². The second-order valence-corrected chi connectivity index (χ2v) is 6.21. The summed E-state index contributed by atoms with van der Waals surface area (Å²) in [6, 6.07) is 0. The van der Waals surface area contributed by atoms with Gasteiger partial charge < -0.3 is 9.47 Å². The topological polar surface area (TPSA) is 52.6 Å². The summed E-state index contributed by atoms with van der Waals surface area (Å²) in [5.74, 6) is -1.27. The van der Waals surface area contributed by atoms with Gasteiger partial charge in [0.1, 0.15) is 5.60 Å². The highest BCUT2D eigenvalue weighted by molar-refractivity contribution is 5.89. The third kappa shape index (κ3) is 8.65. The number of carbonyl (C=O) groups is 2. The Bertz CT molecular complexity index is 402. The molecule has 0 aromatic carbocycles. The molecule has 0 aromatic heterocycles. The smallest absolute Gasteiger partial charge is 0.333 e. The van der Waals surface area contributed by atoms with Crippen LogP contribution < -0.4 is 0 Å². The van der Waals surface area contributed by atoms with Crippen LogP contribution in [0.3, 0.4) is 0 Å². The van der Waals surface area contributed by atoms with Crippen molar-refractivity contribution in [3.8, 4) is 0 Å². The van der Waals surface area contributed by atoms with Gasteiger partial charge >= 0.3 is 11.9 Å². The Kier molecular flexibility index (Phi) is 9.46. The van der Waals surface area contributed by atoms with E-state index in [1.807, 2.05) is 34.6 Å². The Hall–Kier alpha value is -1.58. The van der Waals surface area contributed by atoms with Crippen molar-refractivity contribution in [3.05, 3.63) is 24.3 Å². The molecule has 0 aromatic rings. The molecular weight excluding hydrogens is 280 g/mol. The molecule has 0 radical (unpaired) electrons. The molecule has 0 heterocycles. The van der Waals surface area contributed by atoms with Gasteiger partial charge in [0.25, 0.3) is 0 Å². The summed E-state index contributed by atoms with van der Waals surface area (Å²) < 4.78 is 10.6. The van der Waals surface area contributed by atoms with Crippen LogP contribution >= 0.6 is 0 Å². The fourth-order valence-corrected chi connectivity index (χ4v) is 1.78. The average molecular weight is 310 g/mol. The van der Waals surface area contributed by atoms with Gasteiger partial charge in [-0.25, -0.2) is 4.79 Å². The first-order valence-corrected chi connectivity index (χ1v) is 7.96. The van der Waals surface area contributed by atoms with Gasteiger partial charge in [-0.1, -0.05) is 32.4 Å². The quantitative estimate of drug-likeness (QED) is 0.277. The van der Waals surface area contributed by atoms with Gasteiger partial charge in [-0.15, -0.1) is 6.58 Å². The molecule has 0 aliphatic rings. The van der Waals surface area contributed by atoms with Crippen molar-refractivity contribution in [2.75, 3.05) is 6.61 Å². The zero-order valence-electron chi connectivity index (χ0n) is 14.6. The molecular formula is C18H30O4. The normalized spacial score (nSPS) is 13.4. The molecule has 4 heteroatoms. The maximum Gasteiger partial charge on any atom is 0.333 e. The van der Waals surface area contributed by atoms with E-state index in [9.17, 15) is 9.59 Å². The van der Waals surface area contributed by atoms with Crippen molar-refractivity contribution in [2.24, 2.45) is 5.92 Å². The molecule has 0 saturated heterocycles. The lowest BCUT2D eigenvalue weighted by molar-refractivity contribution is -0.158. The molecule has 1 atom stereocenters. The summed E-state index contributed by atoms with van der Waals surface area (Å²) in [6.45, 7) is 13.5. The largest absolute Gasteiger partial charge is 0.462 e. The van der Waals surface area contributed by atoms with E-state index >= 15 is 0 Å². The third-order valence-electron chi connectivity index (χ3n) is 2.88. The SMILES string of the molecule is C=CC(CC(=CCC)C(=O)OCCCC)C(=O)OC(C)(C)C. The Morgan fingerprint density at radius 2 is 1.86 bits per heavy atom. The fourth-order valence-electron chi connectivity index (χ4n) is 1.78. The molecule has 0 rings (SSSR count). The first-order valence-electron chi connectivity index (χ1n) is 7.96. The van der Waals surface area contributed by atoms with Crippen LogP contribution in [0.1, 0.15) is 60.3 Å². The number of unbranched alkanes of at least 4 members (excludes halogenated alkanes) is 1. The van der Waals surface area contributed by atoms with E-state index < -0.39 is 11.5 Å². The van der Waals surface area contributed by atoms with Gasteiger partial charge in [-0.2, -0.15) is 0 Å². The van der Waals surface area contributed by atoms with Crippen molar-refractivity contribution in [2.45, 2.75) is 65.9 Å². The highest BCUT2D eigenvalue weighted by Gasteiger charge is 2.25. The van der Waals surface area contributed by atoms with Crippen molar-refractivity contribution in [3.63, 3.8) is 0 Å². The number of ether oxygens (including phenoxy) is 2. The van der Waals surface area contributed by atoms with Crippen LogP contribution in [-0.4, -0.2) is 24.1 Å². The van der Waals surface area contributed by atoms with Crippen molar-refractivity contribution >= 4 is 11.9 Å². The highest BCUT2D eigenvalue weighted by Crippen LogP contribution is 2.20. The van der Waals surface area contributed by atoms with Crippen molar-refractivity contribution < 1.29 is 19.1 Å². The lowest BCUT2D eigenvalue weighted by Crippen LogP contribution is -2.28. The third-order valence-corrected chi connectivity index (χ3v) is 2.88.